The van der Waals surface area contributed by atoms with Gasteiger partial charge in [-0.3, -0.25) is 14.4 Å². The third-order valence-electron chi connectivity index (χ3n) is 3.07. The predicted octanol–water partition coefficient (Wildman–Crippen LogP) is 1.69. The van der Waals surface area contributed by atoms with E-state index in [-0.39, 0.29) is 11.8 Å². The third-order valence-corrected chi connectivity index (χ3v) is 3.07. The monoisotopic (exact) mass is 259 g/mol. The fourth-order valence-electron chi connectivity index (χ4n) is 2.06. The molecule has 1 atom stereocenters. The summed E-state index contributed by atoms with van der Waals surface area (Å²) >= 11 is 0. The molecule has 0 unspecified atom stereocenters. The molecule has 5 heteroatoms. The Hall–Kier alpha value is -2.43. The molecule has 1 aliphatic heterocycles. The zero-order valence-electron chi connectivity index (χ0n) is 10.4. The topological polar surface area (TPSA) is 74.7 Å². The standard InChI is InChI=1S/C14H13NO4/c1-2-11(14(18)19)9-3-5-10(6-4-9)15-12(16)7-8-13(15)17/h3-8,11H,2H2,1H3,(H,18,19)/t11-/m0/s1. The van der Waals surface area contributed by atoms with Crippen LogP contribution in [0.3, 0.4) is 0 Å². The van der Waals surface area contributed by atoms with Crippen molar-refractivity contribution in [2.24, 2.45) is 0 Å². The number of hydrogen-bond donors (Lipinski definition) is 1. The van der Waals surface area contributed by atoms with E-state index in [0.717, 1.165) is 4.90 Å². The highest BCUT2D eigenvalue weighted by Gasteiger charge is 2.25. The minimum absolute atomic E-state index is 0.386. The molecular weight excluding hydrogens is 246 g/mol. The summed E-state index contributed by atoms with van der Waals surface area (Å²) in [6.07, 6.45) is 2.91. The molecule has 0 radical (unpaired) electrons. The van der Waals surface area contributed by atoms with Crippen molar-refractivity contribution in [2.45, 2.75) is 19.3 Å². The molecule has 1 aromatic rings. The number of carbonyl (C=O) groups excluding carboxylic acids is 2. The molecule has 1 aliphatic rings. The summed E-state index contributed by atoms with van der Waals surface area (Å²) in [5, 5.41) is 9.06. The summed E-state index contributed by atoms with van der Waals surface area (Å²) < 4.78 is 0. The van der Waals surface area contributed by atoms with Crippen LogP contribution in [0.1, 0.15) is 24.8 Å². The second-order valence-electron chi connectivity index (χ2n) is 4.24. The lowest BCUT2D eigenvalue weighted by Crippen LogP contribution is -2.29. The molecule has 98 valence electrons. The van der Waals surface area contributed by atoms with Crippen LogP contribution in [0.2, 0.25) is 0 Å². The number of carboxylic acids is 1. The maximum absolute atomic E-state index is 11.5. The normalized spacial score (nSPS) is 15.9. The molecule has 0 saturated heterocycles. The summed E-state index contributed by atoms with van der Waals surface area (Å²) in [5.74, 6) is -2.23. The minimum Gasteiger partial charge on any atom is -0.481 e. The highest BCUT2D eigenvalue weighted by Crippen LogP contribution is 2.24. The lowest BCUT2D eigenvalue weighted by Gasteiger charge is -2.15. The van der Waals surface area contributed by atoms with Crippen LogP contribution < -0.4 is 4.90 Å². The van der Waals surface area contributed by atoms with Crippen LogP contribution >= 0.6 is 0 Å². The van der Waals surface area contributed by atoms with Crippen LogP contribution in [-0.2, 0) is 14.4 Å². The fraction of sp³-hybridized carbons (Fsp3) is 0.214. The van der Waals surface area contributed by atoms with Gasteiger partial charge in [0.15, 0.2) is 0 Å². The van der Waals surface area contributed by atoms with Crippen molar-refractivity contribution in [1.29, 1.82) is 0 Å². The summed E-state index contributed by atoms with van der Waals surface area (Å²) in [4.78, 5) is 35.1. The number of amides is 2. The van der Waals surface area contributed by atoms with Gasteiger partial charge in [0.25, 0.3) is 11.8 Å². The number of hydrogen-bond acceptors (Lipinski definition) is 3. The Kier molecular flexibility index (Phi) is 3.46. The number of imide groups is 1. The molecule has 0 saturated carbocycles. The maximum atomic E-state index is 11.5. The van der Waals surface area contributed by atoms with Crippen LogP contribution in [0.5, 0.6) is 0 Å². The van der Waals surface area contributed by atoms with Crippen molar-refractivity contribution >= 4 is 23.5 Å². The average molecular weight is 259 g/mol. The SMILES string of the molecule is CC[C@H](C(=O)O)c1ccc(N2C(=O)C=CC2=O)cc1. The van der Waals surface area contributed by atoms with E-state index in [2.05, 4.69) is 0 Å². The van der Waals surface area contributed by atoms with E-state index in [9.17, 15) is 14.4 Å². The zero-order chi connectivity index (χ0) is 14.0. The van der Waals surface area contributed by atoms with E-state index in [1.165, 1.54) is 12.2 Å². The molecule has 2 amide bonds. The molecular formula is C14H13NO4. The molecule has 19 heavy (non-hydrogen) atoms. The van der Waals surface area contributed by atoms with Crippen molar-refractivity contribution < 1.29 is 19.5 Å². The Bertz CT molecular complexity index is 541. The number of benzene rings is 1. The smallest absolute Gasteiger partial charge is 0.310 e. The van der Waals surface area contributed by atoms with Crippen molar-refractivity contribution in [3.63, 3.8) is 0 Å². The highest BCUT2D eigenvalue weighted by molar-refractivity contribution is 6.28. The van der Waals surface area contributed by atoms with Gasteiger partial charge in [0.05, 0.1) is 11.6 Å². The lowest BCUT2D eigenvalue weighted by molar-refractivity contribution is -0.138. The van der Waals surface area contributed by atoms with E-state index in [4.69, 9.17) is 5.11 Å². The van der Waals surface area contributed by atoms with Crippen LogP contribution in [-0.4, -0.2) is 22.9 Å². The molecule has 1 N–H and O–H groups in total. The van der Waals surface area contributed by atoms with E-state index in [0.29, 0.717) is 17.7 Å². The molecule has 0 aliphatic carbocycles. The number of nitrogens with zero attached hydrogens (tertiary/aromatic N) is 1. The van der Waals surface area contributed by atoms with Crippen molar-refractivity contribution in [3.05, 3.63) is 42.0 Å². The molecule has 1 heterocycles. The van der Waals surface area contributed by atoms with Gasteiger partial charge in [-0.1, -0.05) is 19.1 Å². The third kappa shape index (κ3) is 2.40. The second kappa shape index (κ2) is 5.06. The first-order chi connectivity index (χ1) is 9.04. The Morgan fingerprint density at radius 1 is 1.16 bits per heavy atom. The first kappa shape index (κ1) is 13.0. The zero-order valence-corrected chi connectivity index (χ0v) is 10.4. The van der Waals surface area contributed by atoms with Crippen LogP contribution in [0.15, 0.2) is 36.4 Å². The number of carbonyl (C=O) groups is 3. The minimum atomic E-state index is -0.884. The first-order valence-corrected chi connectivity index (χ1v) is 5.93. The second-order valence-corrected chi connectivity index (χ2v) is 4.24. The van der Waals surface area contributed by atoms with E-state index < -0.39 is 11.9 Å². The van der Waals surface area contributed by atoms with Crippen LogP contribution in [0.25, 0.3) is 0 Å². The quantitative estimate of drug-likeness (QED) is 0.835. The van der Waals surface area contributed by atoms with E-state index in [1.54, 1.807) is 31.2 Å². The number of anilines is 1. The molecule has 2 rings (SSSR count). The summed E-state index contributed by atoms with van der Waals surface area (Å²) in [5.41, 5.74) is 1.11. The summed E-state index contributed by atoms with van der Waals surface area (Å²) in [7, 11) is 0. The lowest BCUT2D eigenvalue weighted by atomic mass is 9.96. The first-order valence-electron chi connectivity index (χ1n) is 5.93. The van der Waals surface area contributed by atoms with Gasteiger partial charge in [0, 0.05) is 12.2 Å². The van der Waals surface area contributed by atoms with Crippen molar-refractivity contribution in [1.82, 2.24) is 0 Å². The number of rotatable bonds is 4. The molecule has 0 bridgehead atoms. The van der Waals surface area contributed by atoms with E-state index >= 15 is 0 Å². The van der Waals surface area contributed by atoms with Gasteiger partial charge in [-0.25, -0.2) is 4.90 Å². The molecule has 0 aromatic heterocycles. The van der Waals surface area contributed by atoms with Crippen molar-refractivity contribution in [2.75, 3.05) is 4.90 Å². The van der Waals surface area contributed by atoms with Crippen LogP contribution in [0.4, 0.5) is 5.69 Å². The molecule has 5 nitrogen and oxygen atoms in total. The number of carboxylic acid groups (broad SMARTS) is 1. The Morgan fingerprint density at radius 3 is 2.11 bits per heavy atom. The van der Waals surface area contributed by atoms with Crippen molar-refractivity contribution in [3.8, 4) is 0 Å². The fourth-order valence-corrected chi connectivity index (χ4v) is 2.06. The molecule has 0 fully saturated rings. The van der Waals surface area contributed by atoms with Gasteiger partial charge < -0.3 is 5.11 Å². The predicted molar refractivity (Wildman–Crippen MR) is 68.7 cm³/mol. The van der Waals surface area contributed by atoms with Gasteiger partial charge in [0.2, 0.25) is 0 Å². The van der Waals surface area contributed by atoms with Gasteiger partial charge in [-0.2, -0.15) is 0 Å². The average Bonchev–Trinajstić information content (AvgIpc) is 2.71. The Morgan fingerprint density at radius 2 is 1.68 bits per heavy atom. The van der Waals surface area contributed by atoms with Gasteiger partial charge in [0.1, 0.15) is 0 Å². The molecule has 1 aromatic carbocycles. The van der Waals surface area contributed by atoms with Crippen LogP contribution in [0, 0.1) is 0 Å². The Balaban J connectivity index is 2.26. The summed E-state index contributed by atoms with van der Waals surface area (Å²) in [6, 6.07) is 6.44. The van der Waals surface area contributed by atoms with Gasteiger partial charge in [-0.15, -0.1) is 0 Å². The van der Waals surface area contributed by atoms with Gasteiger partial charge in [-0.05, 0) is 24.1 Å². The maximum Gasteiger partial charge on any atom is 0.310 e. The highest BCUT2D eigenvalue weighted by atomic mass is 16.4. The molecule has 0 spiro atoms. The largest absolute Gasteiger partial charge is 0.481 e. The van der Waals surface area contributed by atoms with Gasteiger partial charge >= 0.3 is 5.97 Å². The Labute approximate surface area is 110 Å². The van der Waals surface area contributed by atoms with E-state index in [1.807, 2.05) is 0 Å². The number of aliphatic carboxylic acids is 1. The summed E-state index contributed by atoms with van der Waals surface area (Å²) in [6.45, 7) is 1.80.